The van der Waals surface area contributed by atoms with Gasteiger partial charge in [0, 0.05) is 6.54 Å². The maximum atomic E-state index is 11.0. The van der Waals surface area contributed by atoms with E-state index < -0.39 is 17.7 Å². The predicted octanol–water partition coefficient (Wildman–Crippen LogP) is 0.888. The van der Waals surface area contributed by atoms with Gasteiger partial charge in [0.1, 0.15) is 5.60 Å². The van der Waals surface area contributed by atoms with Crippen LogP contribution in [-0.2, 0) is 14.3 Å². The molecule has 0 aromatic rings. The number of carbonyl (C=O) groups excluding carboxylic acids is 2. The molecule has 0 aliphatic rings. The maximum absolute atomic E-state index is 11.0. The molecule has 0 fully saturated rings. The van der Waals surface area contributed by atoms with Crippen LogP contribution in [0.4, 0.5) is 4.79 Å². The first-order valence-electron chi connectivity index (χ1n) is 4.23. The van der Waals surface area contributed by atoms with Gasteiger partial charge in [-0.25, -0.2) is 4.79 Å². The van der Waals surface area contributed by atoms with Gasteiger partial charge >= 0.3 is 12.1 Å². The van der Waals surface area contributed by atoms with Crippen LogP contribution in [0.1, 0.15) is 20.8 Å². The molecular formula is C9H16NO4. The van der Waals surface area contributed by atoms with E-state index in [1.807, 2.05) is 0 Å². The molecule has 0 aliphatic carbocycles. The average molecular weight is 202 g/mol. The lowest BCUT2D eigenvalue weighted by molar-refractivity contribution is -0.136. The Morgan fingerprint density at radius 2 is 1.93 bits per heavy atom. The average Bonchev–Trinajstić information content (AvgIpc) is 2.00. The van der Waals surface area contributed by atoms with Crippen molar-refractivity contribution in [3.05, 3.63) is 6.42 Å². The number of esters is 1. The molecule has 1 amide bonds. The third kappa shape index (κ3) is 7.39. The molecule has 81 valence electrons. The highest BCUT2D eigenvalue weighted by molar-refractivity contribution is 5.80. The van der Waals surface area contributed by atoms with Crippen LogP contribution in [0.2, 0.25) is 0 Å². The third-order valence-electron chi connectivity index (χ3n) is 1.12. The van der Waals surface area contributed by atoms with Crippen molar-refractivity contribution >= 4 is 12.1 Å². The Morgan fingerprint density at radius 1 is 1.36 bits per heavy atom. The van der Waals surface area contributed by atoms with E-state index in [-0.39, 0.29) is 6.54 Å². The first kappa shape index (κ1) is 12.7. The standard InChI is InChI=1S/C9H16NO4/c1-9(2,3)14-8(12)10-6-5-7(11)13-4/h5H,6H2,1-4H3,(H,10,12). The summed E-state index contributed by atoms with van der Waals surface area (Å²) in [7, 11) is 1.27. The summed E-state index contributed by atoms with van der Waals surface area (Å²) in [6, 6.07) is 0. The lowest BCUT2D eigenvalue weighted by Crippen LogP contribution is -2.33. The van der Waals surface area contributed by atoms with Gasteiger partial charge in [0.15, 0.2) is 0 Å². The third-order valence-corrected chi connectivity index (χ3v) is 1.12. The Bertz CT molecular complexity index is 207. The van der Waals surface area contributed by atoms with E-state index in [2.05, 4.69) is 10.1 Å². The molecule has 0 rings (SSSR count). The van der Waals surface area contributed by atoms with E-state index in [0.717, 1.165) is 0 Å². The van der Waals surface area contributed by atoms with E-state index in [0.29, 0.717) is 0 Å². The Hall–Kier alpha value is -1.26. The summed E-state index contributed by atoms with van der Waals surface area (Å²) in [5.41, 5.74) is -0.532. The fraction of sp³-hybridized carbons (Fsp3) is 0.667. The van der Waals surface area contributed by atoms with Gasteiger partial charge in [-0.05, 0) is 20.8 Å². The van der Waals surface area contributed by atoms with Crippen molar-refractivity contribution in [2.45, 2.75) is 26.4 Å². The predicted molar refractivity (Wildman–Crippen MR) is 50.6 cm³/mol. The molecule has 1 N–H and O–H groups in total. The van der Waals surface area contributed by atoms with Crippen LogP contribution in [0.25, 0.3) is 0 Å². The SMILES string of the molecule is COC(=O)[CH]CNC(=O)OC(C)(C)C. The van der Waals surface area contributed by atoms with E-state index >= 15 is 0 Å². The van der Waals surface area contributed by atoms with Gasteiger partial charge in [-0.3, -0.25) is 4.79 Å². The molecule has 0 spiro atoms. The summed E-state index contributed by atoms with van der Waals surface area (Å²) in [5, 5.41) is 2.39. The van der Waals surface area contributed by atoms with E-state index in [1.165, 1.54) is 13.5 Å². The van der Waals surface area contributed by atoms with Crippen LogP contribution in [0.3, 0.4) is 0 Å². The van der Waals surface area contributed by atoms with E-state index in [4.69, 9.17) is 4.74 Å². The van der Waals surface area contributed by atoms with Crippen molar-refractivity contribution < 1.29 is 19.1 Å². The van der Waals surface area contributed by atoms with Crippen LogP contribution < -0.4 is 5.32 Å². The Labute approximate surface area is 83.8 Å². The van der Waals surface area contributed by atoms with Crippen molar-refractivity contribution in [1.29, 1.82) is 0 Å². The van der Waals surface area contributed by atoms with E-state index in [1.54, 1.807) is 20.8 Å². The minimum absolute atomic E-state index is 0.0988. The van der Waals surface area contributed by atoms with Crippen LogP contribution in [0.5, 0.6) is 0 Å². The molecule has 0 atom stereocenters. The molecule has 14 heavy (non-hydrogen) atoms. The van der Waals surface area contributed by atoms with Gasteiger partial charge in [0.05, 0.1) is 13.5 Å². The molecular weight excluding hydrogens is 186 g/mol. The molecule has 1 radical (unpaired) electrons. The second-order valence-electron chi connectivity index (χ2n) is 3.61. The van der Waals surface area contributed by atoms with Crippen LogP contribution in [-0.4, -0.2) is 31.3 Å². The Balaban J connectivity index is 3.60. The number of rotatable bonds is 3. The van der Waals surface area contributed by atoms with Gasteiger partial charge in [0.25, 0.3) is 0 Å². The van der Waals surface area contributed by atoms with Crippen molar-refractivity contribution in [2.75, 3.05) is 13.7 Å². The lowest BCUT2D eigenvalue weighted by Gasteiger charge is -2.19. The number of alkyl carbamates (subject to hydrolysis) is 1. The molecule has 0 unspecified atom stereocenters. The molecule has 0 heterocycles. The highest BCUT2D eigenvalue weighted by Crippen LogP contribution is 2.06. The summed E-state index contributed by atoms with van der Waals surface area (Å²) >= 11 is 0. The monoisotopic (exact) mass is 202 g/mol. The minimum Gasteiger partial charge on any atom is -0.469 e. The Kier molecular flexibility index (Phi) is 4.97. The molecule has 0 aromatic heterocycles. The number of ether oxygens (including phenoxy) is 2. The lowest BCUT2D eigenvalue weighted by atomic mass is 10.2. The number of nitrogens with one attached hydrogen (secondary N) is 1. The second kappa shape index (κ2) is 5.47. The maximum Gasteiger partial charge on any atom is 0.407 e. The topological polar surface area (TPSA) is 64.6 Å². The summed E-state index contributed by atoms with van der Waals surface area (Å²) < 4.78 is 9.28. The zero-order valence-electron chi connectivity index (χ0n) is 8.92. The molecule has 0 aromatic carbocycles. The normalized spacial score (nSPS) is 10.6. The van der Waals surface area contributed by atoms with E-state index in [9.17, 15) is 9.59 Å². The molecule has 0 bridgehead atoms. The quantitative estimate of drug-likeness (QED) is 0.690. The number of hydrogen-bond donors (Lipinski definition) is 1. The van der Waals surface area contributed by atoms with Gasteiger partial charge in [0.2, 0.25) is 0 Å². The molecule has 5 heteroatoms. The van der Waals surface area contributed by atoms with Crippen LogP contribution >= 0.6 is 0 Å². The smallest absolute Gasteiger partial charge is 0.407 e. The van der Waals surface area contributed by atoms with Gasteiger partial charge < -0.3 is 14.8 Å². The van der Waals surface area contributed by atoms with Gasteiger partial charge in [-0.2, -0.15) is 0 Å². The highest BCUT2D eigenvalue weighted by Gasteiger charge is 2.15. The van der Waals surface area contributed by atoms with Crippen molar-refractivity contribution in [3.63, 3.8) is 0 Å². The fourth-order valence-corrected chi connectivity index (χ4v) is 0.615. The molecule has 0 aliphatic heterocycles. The number of carbonyl (C=O) groups is 2. The number of hydrogen-bond acceptors (Lipinski definition) is 4. The first-order chi connectivity index (χ1) is 6.35. The Morgan fingerprint density at radius 3 is 2.36 bits per heavy atom. The minimum atomic E-state index is -0.558. The summed E-state index contributed by atoms with van der Waals surface area (Å²) in [4.78, 5) is 21.6. The van der Waals surface area contributed by atoms with Gasteiger partial charge in [-0.15, -0.1) is 0 Å². The fourth-order valence-electron chi connectivity index (χ4n) is 0.615. The van der Waals surface area contributed by atoms with Gasteiger partial charge in [-0.1, -0.05) is 0 Å². The highest BCUT2D eigenvalue weighted by atomic mass is 16.6. The number of amides is 1. The second-order valence-corrected chi connectivity index (χ2v) is 3.61. The van der Waals surface area contributed by atoms with Crippen molar-refractivity contribution in [1.82, 2.24) is 5.32 Å². The van der Waals surface area contributed by atoms with Crippen LogP contribution in [0, 0.1) is 6.42 Å². The van der Waals surface area contributed by atoms with Crippen molar-refractivity contribution in [2.24, 2.45) is 0 Å². The summed E-state index contributed by atoms with van der Waals surface area (Å²) in [5.74, 6) is -0.485. The zero-order valence-corrected chi connectivity index (χ0v) is 8.92. The molecule has 0 saturated heterocycles. The largest absolute Gasteiger partial charge is 0.469 e. The zero-order chi connectivity index (χ0) is 11.2. The molecule has 0 saturated carbocycles. The first-order valence-corrected chi connectivity index (χ1v) is 4.23. The number of methoxy groups -OCH3 is 1. The summed E-state index contributed by atoms with van der Waals surface area (Å²) in [6.07, 6.45) is 0.654. The van der Waals surface area contributed by atoms with Crippen LogP contribution in [0.15, 0.2) is 0 Å². The van der Waals surface area contributed by atoms with Crippen molar-refractivity contribution in [3.8, 4) is 0 Å². The molecule has 5 nitrogen and oxygen atoms in total. The summed E-state index contributed by atoms with van der Waals surface area (Å²) in [6.45, 7) is 5.38.